The van der Waals surface area contributed by atoms with Crippen molar-refractivity contribution in [3.63, 3.8) is 0 Å². The fraction of sp³-hybridized carbons (Fsp3) is 0.444. The number of rotatable bonds is 5. The van der Waals surface area contributed by atoms with Crippen LogP contribution in [-0.4, -0.2) is 26.7 Å². The van der Waals surface area contributed by atoms with Crippen LogP contribution in [0.1, 0.15) is 12.1 Å². The fourth-order valence-electron chi connectivity index (χ4n) is 1.13. The number of carboxylic acid groups (broad SMARTS) is 1. The summed E-state index contributed by atoms with van der Waals surface area (Å²) in [5.41, 5.74) is 5.98. The third-order valence-electron chi connectivity index (χ3n) is 1.91. The van der Waals surface area contributed by atoms with Crippen molar-refractivity contribution in [3.8, 4) is 6.07 Å². The number of nitriles is 1. The Morgan fingerprint density at radius 1 is 1.80 bits per heavy atom. The van der Waals surface area contributed by atoms with Crippen LogP contribution in [0.2, 0.25) is 0 Å². The van der Waals surface area contributed by atoms with Gasteiger partial charge < -0.3 is 15.4 Å². The lowest BCUT2D eigenvalue weighted by Crippen LogP contribution is -2.32. The Morgan fingerprint density at radius 3 is 3.13 bits per heavy atom. The lowest BCUT2D eigenvalue weighted by Gasteiger charge is -2.02. The van der Waals surface area contributed by atoms with Crippen LogP contribution < -0.4 is 5.73 Å². The highest BCUT2D eigenvalue weighted by molar-refractivity contribution is 5.73. The van der Waals surface area contributed by atoms with Gasteiger partial charge in [-0.05, 0) is 0 Å². The van der Waals surface area contributed by atoms with E-state index in [1.54, 1.807) is 17.1 Å². The standard InChI is InChI=1S/C9H12N4O2/c10-2-1-3-13-5-7(12-6-13)4-8(11)9(14)15/h5-6,8H,1,3-4,11H2,(H,14,15)/t8-/m0/s1. The summed E-state index contributed by atoms with van der Waals surface area (Å²) in [6, 6.07) is 1.09. The SMILES string of the molecule is N#CCCn1cnc(C[C@H](N)C(=O)O)c1. The number of aromatic nitrogens is 2. The second-order valence-electron chi connectivity index (χ2n) is 3.16. The van der Waals surface area contributed by atoms with Crippen LogP contribution in [-0.2, 0) is 17.8 Å². The van der Waals surface area contributed by atoms with Gasteiger partial charge >= 0.3 is 5.97 Å². The molecule has 0 unspecified atom stereocenters. The Morgan fingerprint density at radius 2 is 2.53 bits per heavy atom. The Labute approximate surface area is 86.9 Å². The third-order valence-corrected chi connectivity index (χ3v) is 1.91. The molecule has 0 saturated heterocycles. The maximum absolute atomic E-state index is 10.5. The van der Waals surface area contributed by atoms with Gasteiger partial charge in [0.05, 0.1) is 24.5 Å². The van der Waals surface area contributed by atoms with Gasteiger partial charge in [-0.2, -0.15) is 5.26 Å². The Bertz CT molecular complexity index is 380. The number of aliphatic carboxylic acids is 1. The smallest absolute Gasteiger partial charge is 0.320 e. The number of imidazole rings is 1. The average molecular weight is 208 g/mol. The van der Waals surface area contributed by atoms with Crippen LogP contribution in [0.15, 0.2) is 12.5 Å². The van der Waals surface area contributed by atoms with Gasteiger partial charge in [-0.15, -0.1) is 0 Å². The molecule has 3 N–H and O–H groups in total. The zero-order valence-electron chi connectivity index (χ0n) is 8.13. The third kappa shape index (κ3) is 3.40. The largest absolute Gasteiger partial charge is 0.480 e. The van der Waals surface area contributed by atoms with E-state index in [1.807, 2.05) is 6.07 Å². The lowest BCUT2D eigenvalue weighted by molar-refractivity contribution is -0.138. The van der Waals surface area contributed by atoms with Crippen LogP contribution in [0.3, 0.4) is 0 Å². The second-order valence-corrected chi connectivity index (χ2v) is 3.16. The summed E-state index contributed by atoms with van der Waals surface area (Å²) in [4.78, 5) is 14.5. The minimum Gasteiger partial charge on any atom is -0.480 e. The van der Waals surface area contributed by atoms with E-state index >= 15 is 0 Å². The molecule has 80 valence electrons. The van der Waals surface area contributed by atoms with Crippen molar-refractivity contribution in [1.29, 1.82) is 5.26 Å². The molecule has 0 aromatic carbocycles. The normalized spacial score (nSPS) is 12.0. The van der Waals surface area contributed by atoms with Gasteiger partial charge in [-0.1, -0.05) is 0 Å². The first-order valence-electron chi connectivity index (χ1n) is 4.49. The van der Waals surface area contributed by atoms with E-state index in [-0.39, 0.29) is 6.42 Å². The molecule has 0 bridgehead atoms. The molecule has 15 heavy (non-hydrogen) atoms. The maximum Gasteiger partial charge on any atom is 0.320 e. The van der Waals surface area contributed by atoms with E-state index in [1.165, 1.54) is 0 Å². The molecule has 6 nitrogen and oxygen atoms in total. The number of hydrogen-bond donors (Lipinski definition) is 2. The number of carboxylic acids is 1. The molecule has 6 heteroatoms. The second kappa shape index (κ2) is 5.12. The summed E-state index contributed by atoms with van der Waals surface area (Å²) in [7, 11) is 0. The molecule has 0 aliphatic heterocycles. The van der Waals surface area contributed by atoms with Gasteiger partial charge in [0.15, 0.2) is 0 Å². The molecule has 0 spiro atoms. The molecule has 1 heterocycles. The fourth-order valence-corrected chi connectivity index (χ4v) is 1.13. The van der Waals surface area contributed by atoms with Gasteiger partial charge in [-0.3, -0.25) is 4.79 Å². The first-order valence-corrected chi connectivity index (χ1v) is 4.49. The first-order chi connectivity index (χ1) is 7.13. The lowest BCUT2D eigenvalue weighted by atomic mass is 10.2. The van der Waals surface area contributed by atoms with E-state index in [0.29, 0.717) is 18.7 Å². The van der Waals surface area contributed by atoms with Crippen LogP contribution in [0.5, 0.6) is 0 Å². The minimum absolute atomic E-state index is 0.203. The van der Waals surface area contributed by atoms with Gasteiger partial charge in [-0.25, -0.2) is 4.98 Å². The number of nitrogens with two attached hydrogens (primary N) is 1. The molecule has 0 amide bonds. The summed E-state index contributed by atoms with van der Waals surface area (Å²) < 4.78 is 1.74. The van der Waals surface area contributed by atoms with E-state index in [2.05, 4.69) is 4.98 Å². The summed E-state index contributed by atoms with van der Waals surface area (Å²) in [6.07, 6.45) is 3.89. The molecule has 1 rings (SSSR count). The number of nitrogens with zero attached hydrogens (tertiary/aromatic N) is 3. The molecule has 0 aliphatic rings. The quantitative estimate of drug-likeness (QED) is 0.694. The van der Waals surface area contributed by atoms with Crippen molar-refractivity contribution in [2.45, 2.75) is 25.4 Å². The summed E-state index contributed by atoms with van der Waals surface area (Å²) in [6.45, 7) is 0.561. The van der Waals surface area contributed by atoms with Gasteiger partial charge in [0.1, 0.15) is 6.04 Å². The number of aryl methyl sites for hydroxylation is 1. The first kappa shape index (κ1) is 11.2. The van der Waals surface area contributed by atoms with Crippen LogP contribution in [0, 0.1) is 11.3 Å². The summed E-state index contributed by atoms with van der Waals surface area (Å²) in [5, 5.41) is 17.0. The average Bonchev–Trinajstić information content (AvgIpc) is 2.62. The molecular formula is C9H12N4O2. The van der Waals surface area contributed by atoms with Crippen LogP contribution >= 0.6 is 0 Å². The zero-order valence-corrected chi connectivity index (χ0v) is 8.13. The van der Waals surface area contributed by atoms with E-state index in [9.17, 15) is 4.79 Å². The van der Waals surface area contributed by atoms with Gasteiger partial charge in [0.25, 0.3) is 0 Å². The van der Waals surface area contributed by atoms with Crippen molar-refractivity contribution in [2.24, 2.45) is 5.73 Å². The molecule has 1 aromatic rings. The monoisotopic (exact) mass is 208 g/mol. The molecule has 0 radical (unpaired) electrons. The van der Waals surface area contributed by atoms with Gasteiger partial charge in [0, 0.05) is 19.2 Å². The summed E-state index contributed by atoms with van der Waals surface area (Å²) >= 11 is 0. The molecular weight excluding hydrogens is 196 g/mol. The Balaban J connectivity index is 2.53. The highest BCUT2D eigenvalue weighted by Crippen LogP contribution is 2.00. The number of hydrogen-bond acceptors (Lipinski definition) is 4. The molecule has 0 fully saturated rings. The van der Waals surface area contributed by atoms with Crippen molar-refractivity contribution in [2.75, 3.05) is 0 Å². The van der Waals surface area contributed by atoms with E-state index in [4.69, 9.17) is 16.1 Å². The predicted octanol–water partition coefficient (Wildman–Crippen LogP) is -0.249. The number of carbonyl (C=O) groups is 1. The predicted molar refractivity (Wildman–Crippen MR) is 51.8 cm³/mol. The highest BCUT2D eigenvalue weighted by Gasteiger charge is 2.13. The van der Waals surface area contributed by atoms with Crippen LogP contribution in [0.4, 0.5) is 0 Å². The summed E-state index contributed by atoms with van der Waals surface area (Å²) in [5.74, 6) is -1.04. The van der Waals surface area contributed by atoms with Crippen molar-refractivity contribution in [3.05, 3.63) is 18.2 Å². The Hall–Kier alpha value is -1.87. The Kier molecular flexibility index (Phi) is 3.83. The molecule has 0 saturated carbocycles. The van der Waals surface area contributed by atoms with Crippen LogP contribution in [0.25, 0.3) is 0 Å². The zero-order chi connectivity index (χ0) is 11.3. The van der Waals surface area contributed by atoms with Crippen molar-refractivity contribution >= 4 is 5.97 Å². The van der Waals surface area contributed by atoms with Crippen molar-refractivity contribution in [1.82, 2.24) is 9.55 Å². The maximum atomic E-state index is 10.5. The van der Waals surface area contributed by atoms with Gasteiger partial charge in [0.2, 0.25) is 0 Å². The topological polar surface area (TPSA) is 105 Å². The van der Waals surface area contributed by atoms with E-state index in [0.717, 1.165) is 0 Å². The van der Waals surface area contributed by atoms with Crippen molar-refractivity contribution < 1.29 is 9.90 Å². The minimum atomic E-state index is -1.04. The molecule has 1 atom stereocenters. The highest BCUT2D eigenvalue weighted by atomic mass is 16.4. The van der Waals surface area contributed by atoms with E-state index < -0.39 is 12.0 Å². The molecule has 0 aliphatic carbocycles. The molecule has 1 aromatic heterocycles.